The number of hydrogen-bond acceptors (Lipinski definition) is 5. The van der Waals surface area contributed by atoms with Gasteiger partial charge in [0.1, 0.15) is 6.04 Å². The first-order chi connectivity index (χ1) is 16.9. The Morgan fingerprint density at radius 1 is 1.09 bits per heavy atom. The Balaban J connectivity index is 1.10. The SMILES string of the molecule is N#Cc1ccccc1C1CC2(C1)CN(C(=O)c1ccc3c(c1)CN(C1CCC(=O)NC1=O)C3=O)C2. The van der Waals surface area contributed by atoms with Crippen LogP contribution < -0.4 is 5.32 Å². The molecule has 6 rings (SSSR count). The molecule has 1 saturated carbocycles. The van der Waals surface area contributed by atoms with Crippen molar-refractivity contribution >= 4 is 23.6 Å². The summed E-state index contributed by atoms with van der Waals surface area (Å²) in [6.45, 7) is 1.66. The molecule has 0 aromatic heterocycles. The Kier molecular flexibility index (Phi) is 4.78. The normalized spacial score (nSPS) is 22.8. The smallest absolute Gasteiger partial charge is 0.255 e. The fraction of sp³-hybridized carbons (Fsp3) is 0.370. The molecule has 1 aliphatic carbocycles. The summed E-state index contributed by atoms with van der Waals surface area (Å²) in [7, 11) is 0. The van der Waals surface area contributed by atoms with Crippen LogP contribution in [0.25, 0.3) is 0 Å². The Morgan fingerprint density at radius 2 is 1.86 bits per heavy atom. The third-order valence-corrected chi connectivity index (χ3v) is 7.99. The molecule has 1 atom stereocenters. The molecule has 4 amide bonds. The summed E-state index contributed by atoms with van der Waals surface area (Å²) in [5, 5.41) is 11.7. The average Bonchev–Trinajstić information content (AvgIpc) is 3.13. The van der Waals surface area contributed by atoms with Crippen molar-refractivity contribution in [2.75, 3.05) is 13.1 Å². The van der Waals surface area contributed by atoms with Crippen molar-refractivity contribution < 1.29 is 19.2 Å². The molecule has 2 aromatic carbocycles. The van der Waals surface area contributed by atoms with E-state index in [4.69, 9.17) is 0 Å². The maximum absolute atomic E-state index is 13.1. The highest BCUT2D eigenvalue weighted by molar-refractivity contribution is 6.06. The predicted octanol–water partition coefficient (Wildman–Crippen LogP) is 2.34. The molecule has 3 aliphatic heterocycles. The van der Waals surface area contributed by atoms with E-state index in [-0.39, 0.29) is 36.1 Å². The van der Waals surface area contributed by atoms with Crippen LogP contribution in [0.4, 0.5) is 0 Å². The van der Waals surface area contributed by atoms with Crippen molar-refractivity contribution in [2.24, 2.45) is 5.41 Å². The summed E-state index contributed by atoms with van der Waals surface area (Å²) in [6.07, 6.45) is 2.48. The summed E-state index contributed by atoms with van der Waals surface area (Å²) >= 11 is 0. The van der Waals surface area contributed by atoms with Crippen LogP contribution in [0.1, 0.15) is 69.0 Å². The number of carbonyl (C=O) groups is 4. The number of nitrogens with zero attached hydrogens (tertiary/aromatic N) is 3. The monoisotopic (exact) mass is 468 g/mol. The van der Waals surface area contributed by atoms with Crippen molar-refractivity contribution in [3.8, 4) is 6.07 Å². The topological polar surface area (TPSA) is 111 Å². The lowest BCUT2D eigenvalue weighted by molar-refractivity contribution is -0.136. The van der Waals surface area contributed by atoms with E-state index in [1.165, 1.54) is 4.90 Å². The number of imide groups is 1. The number of carbonyl (C=O) groups excluding carboxylic acids is 4. The van der Waals surface area contributed by atoms with Crippen LogP contribution in [-0.2, 0) is 16.1 Å². The van der Waals surface area contributed by atoms with E-state index in [1.54, 1.807) is 18.2 Å². The van der Waals surface area contributed by atoms with Gasteiger partial charge in [0.2, 0.25) is 11.8 Å². The number of nitriles is 1. The van der Waals surface area contributed by atoms with Crippen LogP contribution in [0.3, 0.4) is 0 Å². The summed E-state index contributed by atoms with van der Waals surface area (Å²) in [4.78, 5) is 53.1. The van der Waals surface area contributed by atoms with Gasteiger partial charge in [-0.05, 0) is 60.6 Å². The molecule has 3 heterocycles. The van der Waals surface area contributed by atoms with Gasteiger partial charge in [-0.1, -0.05) is 18.2 Å². The zero-order valence-electron chi connectivity index (χ0n) is 19.1. The Bertz CT molecular complexity index is 1330. The molecule has 1 N–H and O–H groups in total. The summed E-state index contributed by atoms with van der Waals surface area (Å²) in [5.74, 6) is -0.684. The van der Waals surface area contributed by atoms with Gasteiger partial charge in [-0.3, -0.25) is 24.5 Å². The van der Waals surface area contributed by atoms with Crippen LogP contribution in [0, 0.1) is 16.7 Å². The van der Waals surface area contributed by atoms with E-state index >= 15 is 0 Å². The molecule has 1 spiro atoms. The fourth-order valence-electron chi connectivity index (χ4n) is 6.22. The number of piperidine rings is 1. The Labute approximate surface area is 202 Å². The summed E-state index contributed by atoms with van der Waals surface area (Å²) < 4.78 is 0. The van der Waals surface area contributed by atoms with Crippen molar-refractivity contribution in [3.05, 3.63) is 70.3 Å². The lowest BCUT2D eigenvalue weighted by atomic mass is 9.55. The van der Waals surface area contributed by atoms with Gasteiger partial charge in [0.05, 0.1) is 11.6 Å². The minimum atomic E-state index is -0.667. The highest BCUT2D eigenvalue weighted by Gasteiger charge is 2.54. The molecule has 0 radical (unpaired) electrons. The lowest BCUT2D eigenvalue weighted by Gasteiger charge is -2.59. The van der Waals surface area contributed by atoms with Crippen LogP contribution in [0.2, 0.25) is 0 Å². The molecule has 8 heteroatoms. The van der Waals surface area contributed by atoms with Gasteiger partial charge in [0, 0.05) is 42.6 Å². The molecular weight excluding hydrogens is 444 g/mol. The van der Waals surface area contributed by atoms with Crippen LogP contribution in [0.15, 0.2) is 42.5 Å². The van der Waals surface area contributed by atoms with E-state index in [2.05, 4.69) is 11.4 Å². The minimum Gasteiger partial charge on any atom is -0.337 e. The third kappa shape index (κ3) is 3.42. The second-order valence-electron chi connectivity index (χ2n) is 10.2. The molecule has 0 bridgehead atoms. The minimum absolute atomic E-state index is 0.0498. The van der Waals surface area contributed by atoms with Crippen molar-refractivity contribution in [1.29, 1.82) is 5.26 Å². The van der Waals surface area contributed by atoms with Crippen molar-refractivity contribution in [1.82, 2.24) is 15.1 Å². The van der Waals surface area contributed by atoms with Crippen molar-refractivity contribution in [2.45, 2.75) is 44.2 Å². The van der Waals surface area contributed by atoms with Crippen LogP contribution in [-0.4, -0.2) is 52.6 Å². The van der Waals surface area contributed by atoms with Crippen LogP contribution >= 0.6 is 0 Å². The standard InChI is InChI=1S/C27H24N4O4/c28-12-17-3-1-2-4-20(17)19-10-27(11-19)14-30(15-27)25(34)16-5-6-21-18(9-16)13-31(26(21)35)22-7-8-23(32)29-24(22)33/h1-6,9,19,22H,7-8,10-11,13-15H2,(H,29,32,33). The molecule has 176 valence electrons. The zero-order chi connectivity index (χ0) is 24.3. The zero-order valence-corrected chi connectivity index (χ0v) is 19.1. The van der Waals surface area contributed by atoms with Crippen molar-refractivity contribution in [3.63, 3.8) is 0 Å². The molecule has 8 nitrogen and oxygen atoms in total. The summed E-state index contributed by atoms with van der Waals surface area (Å²) in [5.41, 5.74) is 3.76. The van der Waals surface area contributed by atoms with E-state index < -0.39 is 11.9 Å². The Hall–Kier alpha value is -3.99. The predicted molar refractivity (Wildman–Crippen MR) is 124 cm³/mol. The Morgan fingerprint density at radius 3 is 2.60 bits per heavy atom. The highest BCUT2D eigenvalue weighted by Crippen LogP contribution is 2.56. The highest BCUT2D eigenvalue weighted by atomic mass is 16.2. The second kappa shape index (κ2) is 7.77. The van der Waals surface area contributed by atoms with Gasteiger partial charge in [0.25, 0.3) is 11.8 Å². The van der Waals surface area contributed by atoms with Gasteiger partial charge in [0.15, 0.2) is 0 Å². The van der Waals surface area contributed by atoms with Gasteiger partial charge < -0.3 is 9.80 Å². The molecule has 3 fully saturated rings. The molecular formula is C27H24N4O4. The third-order valence-electron chi connectivity index (χ3n) is 7.99. The van der Waals surface area contributed by atoms with Crippen LogP contribution in [0.5, 0.6) is 0 Å². The number of likely N-dealkylation sites (tertiary alicyclic amines) is 1. The molecule has 35 heavy (non-hydrogen) atoms. The van der Waals surface area contributed by atoms with Gasteiger partial charge in [-0.15, -0.1) is 0 Å². The van der Waals surface area contributed by atoms with E-state index in [0.29, 0.717) is 36.6 Å². The molecule has 4 aliphatic rings. The fourth-order valence-corrected chi connectivity index (χ4v) is 6.22. The first-order valence-electron chi connectivity index (χ1n) is 11.9. The number of amides is 4. The first kappa shape index (κ1) is 21.5. The van der Waals surface area contributed by atoms with Gasteiger partial charge in [-0.25, -0.2) is 0 Å². The molecule has 2 aromatic rings. The van der Waals surface area contributed by atoms with Gasteiger partial charge >= 0.3 is 0 Å². The number of fused-ring (bicyclic) bond motifs is 1. The first-order valence-corrected chi connectivity index (χ1v) is 11.9. The largest absolute Gasteiger partial charge is 0.337 e. The second-order valence-corrected chi connectivity index (χ2v) is 10.2. The lowest BCUT2D eigenvalue weighted by Crippen LogP contribution is -2.63. The number of benzene rings is 2. The van der Waals surface area contributed by atoms with E-state index in [9.17, 15) is 24.4 Å². The maximum Gasteiger partial charge on any atom is 0.255 e. The molecule has 1 unspecified atom stereocenters. The number of rotatable bonds is 3. The van der Waals surface area contributed by atoms with Gasteiger partial charge in [-0.2, -0.15) is 5.26 Å². The number of nitrogens with one attached hydrogen (secondary N) is 1. The maximum atomic E-state index is 13.1. The average molecular weight is 469 g/mol. The summed E-state index contributed by atoms with van der Waals surface area (Å²) in [6, 6.07) is 14.5. The van der Waals surface area contributed by atoms with E-state index in [0.717, 1.165) is 29.5 Å². The number of hydrogen-bond donors (Lipinski definition) is 1. The van der Waals surface area contributed by atoms with E-state index in [1.807, 2.05) is 29.2 Å². The molecule has 2 saturated heterocycles. The quantitative estimate of drug-likeness (QED) is 0.696.